The van der Waals surface area contributed by atoms with Gasteiger partial charge in [0.1, 0.15) is 0 Å². The number of ketones is 1. The molecule has 130 valence electrons. The van der Waals surface area contributed by atoms with Crippen LogP contribution in [0.4, 0.5) is 0 Å². The molecule has 0 aromatic carbocycles. The van der Waals surface area contributed by atoms with Crippen molar-refractivity contribution in [1.82, 2.24) is 0 Å². The maximum Gasteiger partial charge on any atom is 0.323 e. The molecule has 23 heavy (non-hydrogen) atoms. The summed E-state index contributed by atoms with van der Waals surface area (Å²) >= 11 is 0. The number of nitrogens with zero attached hydrogens (tertiary/aromatic N) is 2. The van der Waals surface area contributed by atoms with Gasteiger partial charge in [-0.05, 0) is 32.1 Å². The van der Waals surface area contributed by atoms with Crippen LogP contribution < -0.4 is 0 Å². The first-order valence-corrected chi connectivity index (χ1v) is 8.62. The van der Waals surface area contributed by atoms with Crippen molar-refractivity contribution < 1.29 is 19.1 Å². The van der Waals surface area contributed by atoms with E-state index in [2.05, 4.69) is 21.7 Å². The zero-order valence-electron chi connectivity index (χ0n) is 14.3. The van der Waals surface area contributed by atoms with Crippen molar-refractivity contribution in [1.29, 1.82) is 0 Å². The second-order valence-corrected chi connectivity index (χ2v) is 5.66. The van der Waals surface area contributed by atoms with Gasteiger partial charge in [-0.25, -0.2) is 0 Å². The fourth-order valence-corrected chi connectivity index (χ4v) is 2.28. The van der Waals surface area contributed by atoms with Crippen molar-refractivity contribution in [3.8, 4) is 0 Å². The Morgan fingerprint density at radius 1 is 0.870 bits per heavy atom. The maximum absolute atomic E-state index is 11.0. The summed E-state index contributed by atoms with van der Waals surface area (Å²) in [5, 5.41) is 0. The van der Waals surface area contributed by atoms with E-state index in [0.717, 1.165) is 38.3 Å². The number of allylic oxidation sites excluding steroid dienone is 2. The maximum atomic E-state index is 11.0. The lowest BCUT2D eigenvalue weighted by molar-refractivity contribution is -0.140. The molecule has 5 nitrogen and oxygen atoms in total. The summed E-state index contributed by atoms with van der Waals surface area (Å²) in [6.45, 7) is 0. The Morgan fingerprint density at radius 2 is 1.43 bits per heavy atom. The molecule has 0 aliphatic carbocycles. The molecular weight excluding hydrogens is 292 g/mol. The van der Waals surface area contributed by atoms with Crippen molar-refractivity contribution in [3.63, 3.8) is 0 Å². The topological polar surface area (TPSA) is 79.8 Å². The lowest BCUT2D eigenvalue weighted by Gasteiger charge is -2.01. The largest absolute Gasteiger partial charge is 0.469 e. The van der Waals surface area contributed by atoms with Crippen LogP contribution in [0.2, 0.25) is 0 Å². The third-order valence-corrected chi connectivity index (χ3v) is 3.64. The predicted molar refractivity (Wildman–Crippen MR) is 91.3 cm³/mol. The molecule has 0 unspecified atom stereocenters. The van der Waals surface area contributed by atoms with E-state index in [9.17, 15) is 9.59 Å². The highest BCUT2D eigenvalue weighted by Gasteiger charge is 2.00. The first kappa shape index (κ1) is 21.3. The number of methoxy groups -OCH3 is 1. The molecule has 0 aromatic heterocycles. The van der Waals surface area contributed by atoms with Crippen molar-refractivity contribution >= 4 is 18.0 Å². The third-order valence-electron chi connectivity index (χ3n) is 3.64. The molecule has 0 aliphatic heterocycles. The lowest BCUT2D eigenvalue weighted by atomic mass is 10.1. The van der Waals surface area contributed by atoms with E-state index in [4.69, 9.17) is 5.53 Å². The van der Waals surface area contributed by atoms with Crippen molar-refractivity contribution in [2.45, 2.75) is 77.0 Å². The molecule has 0 heterocycles. The van der Waals surface area contributed by atoms with Gasteiger partial charge < -0.3 is 10.3 Å². The molecular formula is C18H30N2O3. The average molecular weight is 322 g/mol. The molecule has 0 fully saturated rings. The van der Waals surface area contributed by atoms with Gasteiger partial charge in [0.05, 0.1) is 7.11 Å². The minimum atomic E-state index is -0.132. The van der Waals surface area contributed by atoms with Gasteiger partial charge in [0, 0.05) is 12.8 Å². The van der Waals surface area contributed by atoms with Crippen LogP contribution in [0.3, 0.4) is 0 Å². The molecule has 5 heteroatoms. The third kappa shape index (κ3) is 16.5. The Hall–Kier alpha value is -1.74. The van der Waals surface area contributed by atoms with Crippen LogP contribution >= 0.6 is 0 Å². The molecule has 0 spiro atoms. The van der Waals surface area contributed by atoms with Crippen LogP contribution in [-0.4, -0.2) is 29.9 Å². The SMILES string of the molecule is COC(=O)CCCCCCCCC/C=C\CCCC(=O)C=[N+]=[N-]. The molecule has 0 amide bonds. The number of esters is 1. The van der Waals surface area contributed by atoms with Gasteiger partial charge in [-0.15, -0.1) is 0 Å². The first-order valence-electron chi connectivity index (χ1n) is 8.62. The minimum absolute atomic E-state index is 0.109. The van der Waals surface area contributed by atoms with Crippen LogP contribution in [0, 0.1) is 0 Å². The highest BCUT2D eigenvalue weighted by Crippen LogP contribution is 2.10. The van der Waals surface area contributed by atoms with Gasteiger partial charge in [0.2, 0.25) is 5.78 Å². The molecule has 0 aliphatic rings. The van der Waals surface area contributed by atoms with Crippen LogP contribution in [-0.2, 0) is 14.3 Å². The van der Waals surface area contributed by atoms with E-state index < -0.39 is 0 Å². The van der Waals surface area contributed by atoms with E-state index in [0.29, 0.717) is 12.8 Å². The van der Waals surface area contributed by atoms with Crippen molar-refractivity contribution in [2.24, 2.45) is 0 Å². The summed E-state index contributed by atoms with van der Waals surface area (Å²) in [7, 11) is 1.43. The van der Waals surface area contributed by atoms with Crippen LogP contribution in [0.1, 0.15) is 77.0 Å². The van der Waals surface area contributed by atoms with Gasteiger partial charge in [-0.1, -0.05) is 44.3 Å². The van der Waals surface area contributed by atoms with Crippen molar-refractivity contribution in [3.05, 3.63) is 17.7 Å². The normalized spacial score (nSPS) is 10.5. The van der Waals surface area contributed by atoms with Gasteiger partial charge in [0.25, 0.3) is 0 Å². The zero-order chi connectivity index (χ0) is 17.2. The van der Waals surface area contributed by atoms with Gasteiger partial charge in [-0.2, -0.15) is 4.79 Å². The number of carbonyl (C=O) groups excluding carboxylic acids is 2. The summed E-state index contributed by atoms with van der Waals surface area (Å²) < 4.78 is 4.60. The van der Waals surface area contributed by atoms with Gasteiger partial charge >= 0.3 is 12.2 Å². The van der Waals surface area contributed by atoms with E-state index in [1.165, 1.54) is 39.2 Å². The summed E-state index contributed by atoms with van der Waals surface area (Å²) in [4.78, 5) is 24.7. The Kier molecular flexibility index (Phi) is 15.4. The van der Waals surface area contributed by atoms with E-state index in [1.807, 2.05) is 0 Å². The predicted octanol–water partition coefficient (Wildman–Crippen LogP) is 4.27. The Labute approximate surface area is 139 Å². The molecule has 0 N–H and O–H groups in total. The smallest absolute Gasteiger partial charge is 0.323 e. The number of carbonyl (C=O) groups is 2. The molecule has 0 saturated heterocycles. The molecule has 0 atom stereocenters. The quantitative estimate of drug-likeness (QED) is 0.113. The van der Waals surface area contributed by atoms with Crippen molar-refractivity contribution in [2.75, 3.05) is 7.11 Å². The Balaban J connectivity index is 3.23. The average Bonchev–Trinajstić information content (AvgIpc) is 2.55. The summed E-state index contributed by atoms with van der Waals surface area (Å²) in [5.41, 5.74) is 8.19. The first-order chi connectivity index (χ1) is 11.2. The second kappa shape index (κ2) is 16.6. The lowest BCUT2D eigenvalue weighted by Crippen LogP contribution is -1.99. The highest BCUT2D eigenvalue weighted by atomic mass is 16.5. The summed E-state index contributed by atoms with van der Waals surface area (Å²) in [5.74, 6) is -0.241. The minimum Gasteiger partial charge on any atom is -0.469 e. The number of hydrogen-bond acceptors (Lipinski definition) is 3. The molecule has 0 bridgehead atoms. The van der Waals surface area contributed by atoms with E-state index >= 15 is 0 Å². The monoisotopic (exact) mass is 322 g/mol. The Bertz CT molecular complexity index is 399. The fraction of sp³-hybridized carbons (Fsp3) is 0.722. The molecule has 0 aromatic rings. The number of rotatable bonds is 15. The van der Waals surface area contributed by atoms with E-state index in [-0.39, 0.29) is 11.8 Å². The van der Waals surface area contributed by atoms with Crippen LogP contribution in [0.15, 0.2) is 12.2 Å². The van der Waals surface area contributed by atoms with Gasteiger partial charge in [-0.3, -0.25) is 9.59 Å². The summed E-state index contributed by atoms with van der Waals surface area (Å²) in [6, 6.07) is 0. The number of unbranched alkanes of at least 4 members (excludes halogenated alkanes) is 8. The summed E-state index contributed by atoms with van der Waals surface area (Å²) in [6.07, 6.45) is 17.2. The highest BCUT2D eigenvalue weighted by molar-refractivity contribution is 6.25. The zero-order valence-corrected chi connectivity index (χ0v) is 14.3. The number of ether oxygens (including phenoxy) is 1. The Morgan fingerprint density at radius 3 is 2.04 bits per heavy atom. The van der Waals surface area contributed by atoms with Gasteiger partial charge in [0.15, 0.2) is 0 Å². The standard InChI is InChI=1S/C18H30N2O3/c1-23-18(22)15-13-11-9-7-5-3-2-4-6-8-10-12-14-17(21)16-20-19/h6,8,16H,2-5,7,9-15H2,1H3/b8-6-. The molecule has 0 saturated carbocycles. The van der Waals surface area contributed by atoms with Crippen LogP contribution in [0.5, 0.6) is 0 Å². The van der Waals surface area contributed by atoms with E-state index in [1.54, 1.807) is 0 Å². The number of Topliss-reactive ketones (excluding diaryl/α,β-unsaturated/α-hetero) is 1. The molecule has 0 radical (unpaired) electrons. The van der Waals surface area contributed by atoms with Crippen LogP contribution in [0.25, 0.3) is 5.53 Å². The second-order valence-electron chi connectivity index (χ2n) is 5.66. The molecule has 0 rings (SSSR count). The fourth-order valence-electron chi connectivity index (χ4n) is 2.28. The number of hydrogen-bond donors (Lipinski definition) is 0.